The first-order valence-electron chi connectivity index (χ1n) is 6.35. The number of rotatable bonds is 3. The highest BCUT2D eigenvalue weighted by molar-refractivity contribution is 5.74. The molecule has 2 aliphatic rings. The predicted octanol–water partition coefficient (Wildman–Crippen LogP) is 0.112. The van der Waals surface area contributed by atoms with Crippen molar-refractivity contribution >= 4 is 5.97 Å². The quantitative estimate of drug-likeness (QED) is 0.761. The Balaban J connectivity index is 1.91. The Hall–Kier alpha value is -0.650. The Kier molecular flexibility index (Phi) is 4.01. The zero-order chi connectivity index (χ0) is 12.4. The molecule has 0 spiro atoms. The molecule has 2 fully saturated rings. The number of carboxylic acids is 1. The van der Waals surface area contributed by atoms with Gasteiger partial charge >= 0.3 is 5.97 Å². The number of hydrogen-bond donors (Lipinski definition) is 1. The fourth-order valence-corrected chi connectivity index (χ4v) is 2.87. The summed E-state index contributed by atoms with van der Waals surface area (Å²) < 4.78 is 5.70. The van der Waals surface area contributed by atoms with Crippen LogP contribution >= 0.6 is 0 Å². The Morgan fingerprint density at radius 2 is 2.24 bits per heavy atom. The van der Waals surface area contributed by atoms with E-state index in [4.69, 9.17) is 4.74 Å². The standard InChI is InChI=1S/C12H22N2O3/c1-9-3-4-14(11(9)12(15)16)8-10-7-13(2)5-6-17-10/h9-11H,3-8H2,1-2H3,(H,15,16). The van der Waals surface area contributed by atoms with Gasteiger partial charge in [0.25, 0.3) is 0 Å². The SMILES string of the molecule is CC1CCN(CC2CN(C)CCO2)C1C(=O)O. The molecule has 2 heterocycles. The number of ether oxygens (including phenoxy) is 1. The Morgan fingerprint density at radius 1 is 1.47 bits per heavy atom. The molecule has 5 heteroatoms. The minimum Gasteiger partial charge on any atom is -0.480 e. The first kappa shape index (κ1) is 12.8. The van der Waals surface area contributed by atoms with E-state index in [1.807, 2.05) is 6.92 Å². The average Bonchev–Trinajstić information content (AvgIpc) is 2.59. The van der Waals surface area contributed by atoms with Crippen LogP contribution in [0.2, 0.25) is 0 Å². The predicted molar refractivity (Wildman–Crippen MR) is 64.0 cm³/mol. The van der Waals surface area contributed by atoms with E-state index >= 15 is 0 Å². The maximum atomic E-state index is 11.2. The monoisotopic (exact) mass is 242 g/mol. The van der Waals surface area contributed by atoms with Crippen LogP contribution in [0.1, 0.15) is 13.3 Å². The van der Waals surface area contributed by atoms with Crippen molar-refractivity contribution in [1.29, 1.82) is 0 Å². The summed E-state index contributed by atoms with van der Waals surface area (Å²) in [6.07, 6.45) is 1.13. The third kappa shape index (κ3) is 2.97. The molecule has 0 radical (unpaired) electrons. The van der Waals surface area contributed by atoms with Crippen LogP contribution in [0.4, 0.5) is 0 Å². The minimum atomic E-state index is -0.695. The van der Waals surface area contributed by atoms with E-state index in [0.29, 0.717) is 0 Å². The van der Waals surface area contributed by atoms with Crippen molar-refractivity contribution in [3.63, 3.8) is 0 Å². The molecule has 0 saturated carbocycles. The van der Waals surface area contributed by atoms with Gasteiger partial charge in [-0.05, 0) is 25.9 Å². The van der Waals surface area contributed by atoms with Crippen molar-refractivity contribution in [2.75, 3.05) is 39.8 Å². The van der Waals surface area contributed by atoms with Crippen molar-refractivity contribution in [2.24, 2.45) is 5.92 Å². The molecular weight excluding hydrogens is 220 g/mol. The highest BCUT2D eigenvalue weighted by Crippen LogP contribution is 2.24. The van der Waals surface area contributed by atoms with Gasteiger partial charge in [-0.15, -0.1) is 0 Å². The fourth-order valence-electron chi connectivity index (χ4n) is 2.87. The molecule has 1 N–H and O–H groups in total. The van der Waals surface area contributed by atoms with Crippen LogP contribution in [-0.4, -0.2) is 72.9 Å². The van der Waals surface area contributed by atoms with Gasteiger partial charge in [0.15, 0.2) is 0 Å². The summed E-state index contributed by atoms with van der Waals surface area (Å²) in [5, 5.41) is 9.24. The van der Waals surface area contributed by atoms with Crippen LogP contribution in [0.3, 0.4) is 0 Å². The van der Waals surface area contributed by atoms with E-state index < -0.39 is 5.97 Å². The molecule has 98 valence electrons. The molecule has 3 unspecified atom stereocenters. The number of likely N-dealkylation sites (N-methyl/N-ethyl adjacent to an activating group) is 1. The molecule has 5 nitrogen and oxygen atoms in total. The van der Waals surface area contributed by atoms with Crippen LogP contribution in [0.15, 0.2) is 0 Å². The summed E-state index contributed by atoms with van der Waals surface area (Å²) in [6, 6.07) is -0.328. The Labute approximate surface area is 102 Å². The van der Waals surface area contributed by atoms with E-state index in [-0.39, 0.29) is 18.1 Å². The minimum absolute atomic E-state index is 0.154. The maximum Gasteiger partial charge on any atom is 0.321 e. The Bertz CT molecular complexity index is 285. The second-order valence-electron chi connectivity index (χ2n) is 5.30. The van der Waals surface area contributed by atoms with Gasteiger partial charge in [-0.25, -0.2) is 0 Å². The van der Waals surface area contributed by atoms with E-state index in [0.717, 1.165) is 39.2 Å². The van der Waals surface area contributed by atoms with Gasteiger partial charge in [-0.3, -0.25) is 9.69 Å². The lowest BCUT2D eigenvalue weighted by molar-refractivity contribution is -0.144. The molecule has 0 aromatic heterocycles. The van der Waals surface area contributed by atoms with Crippen molar-refractivity contribution in [2.45, 2.75) is 25.5 Å². The summed E-state index contributed by atoms with van der Waals surface area (Å²) in [5.41, 5.74) is 0. The van der Waals surface area contributed by atoms with Crippen molar-refractivity contribution in [3.05, 3.63) is 0 Å². The third-order valence-electron chi connectivity index (χ3n) is 3.84. The molecule has 17 heavy (non-hydrogen) atoms. The van der Waals surface area contributed by atoms with Gasteiger partial charge in [0.1, 0.15) is 6.04 Å². The molecule has 0 aromatic carbocycles. The van der Waals surface area contributed by atoms with Crippen LogP contribution in [0.25, 0.3) is 0 Å². The number of nitrogens with zero attached hydrogens (tertiary/aromatic N) is 2. The number of aliphatic carboxylic acids is 1. The second-order valence-corrected chi connectivity index (χ2v) is 5.30. The highest BCUT2D eigenvalue weighted by Gasteiger charge is 2.38. The average molecular weight is 242 g/mol. The fraction of sp³-hybridized carbons (Fsp3) is 0.917. The molecule has 0 aliphatic carbocycles. The molecule has 0 bridgehead atoms. The maximum absolute atomic E-state index is 11.2. The summed E-state index contributed by atoms with van der Waals surface area (Å²) in [5.74, 6) is -0.451. The molecular formula is C12H22N2O3. The summed E-state index contributed by atoms with van der Waals surface area (Å²) in [6.45, 7) is 6.26. The van der Waals surface area contributed by atoms with Crippen LogP contribution in [-0.2, 0) is 9.53 Å². The number of likely N-dealkylation sites (tertiary alicyclic amines) is 1. The first-order valence-corrected chi connectivity index (χ1v) is 6.35. The van der Waals surface area contributed by atoms with Crippen LogP contribution in [0, 0.1) is 5.92 Å². The first-order chi connectivity index (χ1) is 8.08. The van der Waals surface area contributed by atoms with Gasteiger partial charge in [-0.1, -0.05) is 6.92 Å². The van der Waals surface area contributed by atoms with Crippen molar-refractivity contribution < 1.29 is 14.6 Å². The van der Waals surface area contributed by atoms with Crippen molar-refractivity contribution in [1.82, 2.24) is 9.80 Å². The van der Waals surface area contributed by atoms with Gasteiger partial charge < -0.3 is 14.7 Å². The van der Waals surface area contributed by atoms with Gasteiger partial charge in [-0.2, -0.15) is 0 Å². The van der Waals surface area contributed by atoms with E-state index in [1.165, 1.54) is 0 Å². The highest BCUT2D eigenvalue weighted by atomic mass is 16.5. The topological polar surface area (TPSA) is 53.0 Å². The molecule has 2 aliphatic heterocycles. The lowest BCUT2D eigenvalue weighted by Crippen LogP contribution is -2.49. The normalized spacial score (nSPS) is 36.2. The number of carboxylic acid groups (broad SMARTS) is 1. The number of morpholine rings is 1. The van der Waals surface area contributed by atoms with Gasteiger partial charge in [0.2, 0.25) is 0 Å². The zero-order valence-corrected chi connectivity index (χ0v) is 10.6. The van der Waals surface area contributed by atoms with E-state index in [1.54, 1.807) is 0 Å². The second kappa shape index (κ2) is 5.33. The number of carbonyl (C=O) groups is 1. The largest absolute Gasteiger partial charge is 0.480 e. The van der Waals surface area contributed by atoms with E-state index in [9.17, 15) is 9.90 Å². The van der Waals surface area contributed by atoms with Crippen LogP contribution < -0.4 is 0 Å². The molecule has 0 amide bonds. The third-order valence-corrected chi connectivity index (χ3v) is 3.84. The molecule has 2 saturated heterocycles. The molecule has 0 aromatic rings. The number of hydrogen-bond acceptors (Lipinski definition) is 4. The van der Waals surface area contributed by atoms with Crippen LogP contribution in [0.5, 0.6) is 0 Å². The van der Waals surface area contributed by atoms with Gasteiger partial charge in [0.05, 0.1) is 12.7 Å². The lowest BCUT2D eigenvalue weighted by Gasteiger charge is -2.34. The summed E-state index contributed by atoms with van der Waals surface area (Å²) >= 11 is 0. The van der Waals surface area contributed by atoms with Crippen molar-refractivity contribution in [3.8, 4) is 0 Å². The Morgan fingerprint density at radius 3 is 2.88 bits per heavy atom. The van der Waals surface area contributed by atoms with E-state index in [2.05, 4.69) is 16.8 Å². The lowest BCUT2D eigenvalue weighted by atomic mass is 10.0. The summed E-state index contributed by atoms with van der Waals surface area (Å²) in [4.78, 5) is 15.5. The summed E-state index contributed by atoms with van der Waals surface area (Å²) in [7, 11) is 2.08. The van der Waals surface area contributed by atoms with Gasteiger partial charge in [0, 0.05) is 19.6 Å². The molecule has 3 atom stereocenters. The molecule has 2 rings (SSSR count). The smallest absolute Gasteiger partial charge is 0.321 e. The zero-order valence-electron chi connectivity index (χ0n) is 10.6.